The lowest BCUT2D eigenvalue weighted by atomic mass is 10.3. The van der Waals surface area contributed by atoms with Crippen LogP contribution in [0.4, 0.5) is 4.39 Å². The molecular formula is C9H10FN3S. The average molecular weight is 211 g/mol. The van der Waals surface area contributed by atoms with Crippen molar-refractivity contribution in [1.29, 1.82) is 0 Å². The summed E-state index contributed by atoms with van der Waals surface area (Å²) in [5, 5.41) is 0.688. The van der Waals surface area contributed by atoms with Crippen molar-refractivity contribution in [3.63, 3.8) is 0 Å². The summed E-state index contributed by atoms with van der Waals surface area (Å²) in [5.41, 5.74) is 11.8. The molecule has 1 atom stereocenters. The maximum atomic E-state index is 13.3. The molecule has 1 aromatic carbocycles. The minimum Gasteiger partial charge on any atom is -0.329 e. The molecule has 0 fully saturated rings. The van der Waals surface area contributed by atoms with Crippen molar-refractivity contribution in [3.05, 3.63) is 29.0 Å². The van der Waals surface area contributed by atoms with E-state index in [2.05, 4.69) is 4.98 Å². The Kier molecular flexibility index (Phi) is 2.45. The zero-order valence-electron chi connectivity index (χ0n) is 7.40. The molecule has 0 bridgehead atoms. The van der Waals surface area contributed by atoms with Gasteiger partial charge in [-0.2, -0.15) is 0 Å². The van der Waals surface area contributed by atoms with E-state index < -0.39 is 0 Å². The zero-order valence-corrected chi connectivity index (χ0v) is 8.22. The third kappa shape index (κ3) is 1.50. The first kappa shape index (κ1) is 9.51. The summed E-state index contributed by atoms with van der Waals surface area (Å²) in [4.78, 5) is 4.22. The van der Waals surface area contributed by atoms with Crippen LogP contribution >= 0.6 is 11.3 Å². The number of rotatable bonds is 2. The molecule has 5 heteroatoms. The summed E-state index contributed by atoms with van der Waals surface area (Å²) < 4.78 is 13.8. The topological polar surface area (TPSA) is 64.9 Å². The Balaban J connectivity index is 2.56. The van der Waals surface area contributed by atoms with Gasteiger partial charge in [0.05, 0.1) is 16.3 Å². The lowest BCUT2D eigenvalue weighted by molar-refractivity contribution is 0.641. The Morgan fingerprint density at radius 3 is 2.93 bits per heavy atom. The van der Waals surface area contributed by atoms with E-state index in [-0.39, 0.29) is 11.9 Å². The van der Waals surface area contributed by atoms with Crippen LogP contribution in [0.2, 0.25) is 0 Å². The highest BCUT2D eigenvalue weighted by Crippen LogP contribution is 2.27. The van der Waals surface area contributed by atoms with Crippen LogP contribution in [-0.4, -0.2) is 11.5 Å². The Morgan fingerprint density at radius 2 is 2.29 bits per heavy atom. The van der Waals surface area contributed by atoms with E-state index in [0.29, 0.717) is 21.8 Å². The number of fused-ring (bicyclic) bond motifs is 1. The maximum Gasteiger partial charge on any atom is 0.142 e. The first-order valence-electron chi connectivity index (χ1n) is 4.23. The van der Waals surface area contributed by atoms with Gasteiger partial charge >= 0.3 is 0 Å². The molecule has 2 aromatic rings. The number of nitrogens with zero attached hydrogens (tertiary/aromatic N) is 1. The number of thiazole rings is 1. The number of nitrogens with two attached hydrogens (primary N) is 2. The molecule has 0 spiro atoms. The fourth-order valence-corrected chi connectivity index (χ4v) is 2.18. The van der Waals surface area contributed by atoms with Crippen LogP contribution < -0.4 is 11.5 Å². The van der Waals surface area contributed by atoms with E-state index in [9.17, 15) is 4.39 Å². The molecule has 2 rings (SSSR count). The molecule has 0 saturated carbocycles. The second-order valence-corrected chi connectivity index (χ2v) is 4.01. The summed E-state index contributed by atoms with van der Waals surface area (Å²) in [7, 11) is 0. The van der Waals surface area contributed by atoms with Crippen molar-refractivity contribution < 1.29 is 4.39 Å². The Hall–Kier alpha value is -1.04. The molecule has 74 valence electrons. The van der Waals surface area contributed by atoms with Gasteiger partial charge in [0.1, 0.15) is 10.8 Å². The minimum atomic E-state index is -0.299. The van der Waals surface area contributed by atoms with Crippen molar-refractivity contribution in [3.8, 4) is 0 Å². The van der Waals surface area contributed by atoms with E-state index in [1.54, 1.807) is 12.1 Å². The predicted molar refractivity (Wildman–Crippen MR) is 55.6 cm³/mol. The molecule has 14 heavy (non-hydrogen) atoms. The highest BCUT2D eigenvalue weighted by molar-refractivity contribution is 7.18. The van der Waals surface area contributed by atoms with Crippen LogP contribution in [0, 0.1) is 5.82 Å². The molecule has 0 aliphatic heterocycles. The van der Waals surface area contributed by atoms with Gasteiger partial charge in [0.15, 0.2) is 0 Å². The monoisotopic (exact) mass is 211 g/mol. The normalized spacial score (nSPS) is 13.4. The molecule has 0 saturated heterocycles. The van der Waals surface area contributed by atoms with Crippen LogP contribution in [0.1, 0.15) is 11.0 Å². The van der Waals surface area contributed by atoms with Crippen molar-refractivity contribution in [2.75, 3.05) is 6.54 Å². The van der Waals surface area contributed by atoms with Crippen LogP contribution in [0.3, 0.4) is 0 Å². The molecule has 0 aliphatic carbocycles. The second-order valence-electron chi connectivity index (χ2n) is 2.98. The Bertz CT molecular complexity index is 454. The molecule has 0 aliphatic rings. The molecule has 4 N–H and O–H groups in total. The SMILES string of the molecule is NCC(N)c1nc2cccc(F)c2s1. The standard InChI is InChI=1S/C9H10FN3S/c10-5-2-1-3-7-8(5)14-9(13-7)6(12)4-11/h1-3,6H,4,11-12H2. The van der Waals surface area contributed by atoms with Crippen molar-refractivity contribution in [2.45, 2.75) is 6.04 Å². The Morgan fingerprint density at radius 1 is 1.50 bits per heavy atom. The first-order valence-corrected chi connectivity index (χ1v) is 5.04. The van der Waals surface area contributed by atoms with Gasteiger partial charge < -0.3 is 11.5 Å². The van der Waals surface area contributed by atoms with Gasteiger partial charge in [-0.15, -0.1) is 11.3 Å². The number of hydrogen-bond donors (Lipinski definition) is 2. The van der Waals surface area contributed by atoms with Crippen LogP contribution in [-0.2, 0) is 0 Å². The average Bonchev–Trinajstić information content (AvgIpc) is 2.62. The predicted octanol–water partition coefficient (Wildman–Crippen LogP) is 1.39. The van der Waals surface area contributed by atoms with Gasteiger partial charge in [-0.3, -0.25) is 0 Å². The van der Waals surface area contributed by atoms with Crippen molar-refractivity contribution >= 4 is 21.6 Å². The summed E-state index contributed by atoms with van der Waals surface area (Å²) in [6.45, 7) is 0.321. The van der Waals surface area contributed by atoms with Gasteiger partial charge in [0.25, 0.3) is 0 Å². The van der Waals surface area contributed by atoms with E-state index >= 15 is 0 Å². The van der Waals surface area contributed by atoms with E-state index in [1.165, 1.54) is 17.4 Å². The smallest absolute Gasteiger partial charge is 0.142 e. The van der Waals surface area contributed by atoms with Crippen molar-refractivity contribution in [1.82, 2.24) is 4.98 Å². The van der Waals surface area contributed by atoms with Gasteiger partial charge in [0.2, 0.25) is 0 Å². The molecule has 0 radical (unpaired) electrons. The molecule has 0 amide bonds. The highest BCUT2D eigenvalue weighted by Gasteiger charge is 2.12. The lowest BCUT2D eigenvalue weighted by Crippen LogP contribution is -2.20. The number of halogens is 1. The number of aromatic nitrogens is 1. The van der Waals surface area contributed by atoms with Crippen molar-refractivity contribution in [2.24, 2.45) is 11.5 Å². The first-order chi connectivity index (χ1) is 6.72. The largest absolute Gasteiger partial charge is 0.329 e. The van der Waals surface area contributed by atoms with Gasteiger partial charge in [0, 0.05) is 6.54 Å². The van der Waals surface area contributed by atoms with Crippen LogP contribution in [0.15, 0.2) is 18.2 Å². The van der Waals surface area contributed by atoms with E-state index in [1.807, 2.05) is 0 Å². The molecular weight excluding hydrogens is 201 g/mol. The third-order valence-corrected chi connectivity index (χ3v) is 3.17. The summed E-state index contributed by atoms with van der Waals surface area (Å²) in [6, 6.07) is 4.52. The lowest BCUT2D eigenvalue weighted by Gasteiger charge is -2.01. The fraction of sp³-hybridized carbons (Fsp3) is 0.222. The molecule has 1 unspecified atom stereocenters. The maximum absolute atomic E-state index is 13.3. The summed E-state index contributed by atoms with van der Waals surface area (Å²) >= 11 is 1.27. The van der Waals surface area contributed by atoms with Gasteiger partial charge in [-0.05, 0) is 12.1 Å². The number of benzene rings is 1. The van der Waals surface area contributed by atoms with Crippen LogP contribution in [0.5, 0.6) is 0 Å². The summed E-state index contributed by atoms with van der Waals surface area (Å²) in [5.74, 6) is -0.254. The molecule has 3 nitrogen and oxygen atoms in total. The summed E-state index contributed by atoms with van der Waals surface area (Å²) in [6.07, 6.45) is 0. The Labute approximate surface area is 84.5 Å². The quantitative estimate of drug-likeness (QED) is 0.789. The minimum absolute atomic E-state index is 0.254. The number of hydrogen-bond acceptors (Lipinski definition) is 4. The zero-order chi connectivity index (χ0) is 10.1. The highest BCUT2D eigenvalue weighted by atomic mass is 32.1. The second kappa shape index (κ2) is 3.61. The van der Waals surface area contributed by atoms with Gasteiger partial charge in [-0.1, -0.05) is 6.07 Å². The van der Waals surface area contributed by atoms with Gasteiger partial charge in [-0.25, -0.2) is 9.37 Å². The third-order valence-electron chi connectivity index (χ3n) is 1.95. The van der Waals surface area contributed by atoms with E-state index in [0.717, 1.165) is 0 Å². The molecule has 1 aromatic heterocycles. The van der Waals surface area contributed by atoms with Crippen LogP contribution in [0.25, 0.3) is 10.2 Å². The van der Waals surface area contributed by atoms with E-state index in [4.69, 9.17) is 11.5 Å². The molecule has 1 heterocycles. The fourth-order valence-electron chi connectivity index (χ4n) is 1.19.